The molecule has 2 heteroatoms. The predicted molar refractivity (Wildman–Crippen MR) is 58.4 cm³/mol. The lowest BCUT2D eigenvalue weighted by Crippen LogP contribution is -2.05. The minimum atomic E-state index is 0.359. The van der Waals surface area contributed by atoms with Crippen LogP contribution >= 0.6 is 0 Å². The Morgan fingerprint density at radius 1 is 1.14 bits per heavy atom. The van der Waals surface area contributed by atoms with Crippen molar-refractivity contribution in [3.05, 3.63) is 42.0 Å². The largest absolute Gasteiger partial charge is 0.508 e. The summed E-state index contributed by atoms with van der Waals surface area (Å²) < 4.78 is 0. The summed E-state index contributed by atoms with van der Waals surface area (Å²) in [6.45, 7) is 0.688. The van der Waals surface area contributed by atoms with Crippen molar-refractivity contribution in [3.63, 3.8) is 0 Å². The standard InChI is InChI=1S/C12H13NO/c1-13-8-11-10-5-3-2-4-9(10)6-7-12(11)14/h2-7,13-14H,8H2,1H3. The molecule has 14 heavy (non-hydrogen) atoms. The zero-order chi connectivity index (χ0) is 9.97. The van der Waals surface area contributed by atoms with E-state index in [2.05, 4.69) is 5.32 Å². The van der Waals surface area contributed by atoms with Crippen LogP contribution < -0.4 is 5.32 Å². The molecular formula is C12H13NO. The molecule has 0 aliphatic heterocycles. The highest BCUT2D eigenvalue weighted by Crippen LogP contribution is 2.26. The second-order valence-electron chi connectivity index (χ2n) is 3.31. The molecule has 0 saturated heterocycles. The Morgan fingerprint density at radius 2 is 1.93 bits per heavy atom. The zero-order valence-corrected chi connectivity index (χ0v) is 8.12. The molecule has 0 aliphatic rings. The van der Waals surface area contributed by atoms with Gasteiger partial charge in [-0.3, -0.25) is 0 Å². The van der Waals surface area contributed by atoms with Crippen LogP contribution in [0.25, 0.3) is 10.8 Å². The van der Waals surface area contributed by atoms with Gasteiger partial charge in [-0.2, -0.15) is 0 Å². The van der Waals surface area contributed by atoms with Gasteiger partial charge in [-0.25, -0.2) is 0 Å². The van der Waals surface area contributed by atoms with Crippen molar-refractivity contribution in [1.29, 1.82) is 0 Å². The van der Waals surface area contributed by atoms with Gasteiger partial charge in [-0.05, 0) is 23.9 Å². The van der Waals surface area contributed by atoms with Crippen molar-refractivity contribution in [2.75, 3.05) is 7.05 Å². The van der Waals surface area contributed by atoms with Crippen LogP contribution in [0.15, 0.2) is 36.4 Å². The third-order valence-electron chi connectivity index (χ3n) is 2.37. The molecule has 2 nitrogen and oxygen atoms in total. The lowest BCUT2D eigenvalue weighted by molar-refractivity contribution is 0.467. The maximum absolute atomic E-state index is 9.70. The van der Waals surface area contributed by atoms with Crippen molar-refractivity contribution in [2.45, 2.75) is 6.54 Å². The number of fused-ring (bicyclic) bond motifs is 1. The summed E-state index contributed by atoms with van der Waals surface area (Å²) in [5.41, 5.74) is 0.964. The van der Waals surface area contributed by atoms with Gasteiger partial charge in [0, 0.05) is 12.1 Å². The Labute approximate surface area is 83.2 Å². The third-order valence-corrected chi connectivity index (χ3v) is 2.37. The van der Waals surface area contributed by atoms with Crippen LogP contribution in [-0.2, 0) is 6.54 Å². The maximum Gasteiger partial charge on any atom is 0.120 e. The van der Waals surface area contributed by atoms with Gasteiger partial charge in [-0.1, -0.05) is 30.3 Å². The van der Waals surface area contributed by atoms with E-state index in [4.69, 9.17) is 0 Å². The lowest BCUT2D eigenvalue weighted by Gasteiger charge is -2.07. The molecule has 0 aliphatic carbocycles. The second-order valence-corrected chi connectivity index (χ2v) is 3.31. The number of phenolic OH excluding ortho intramolecular Hbond substituents is 1. The highest BCUT2D eigenvalue weighted by atomic mass is 16.3. The van der Waals surface area contributed by atoms with Gasteiger partial charge in [0.1, 0.15) is 5.75 Å². The summed E-state index contributed by atoms with van der Waals surface area (Å²) >= 11 is 0. The van der Waals surface area contributed by atoms with E-state index < -0.39 is 0 Å². The quantitative estimate of drug-likeness (QED) is 0.755. The third kappa shape index (κ3) is 1.44. The number of benzene rings is 2. The first-order valence-corrected chi connectivity index (χ1v) is 4.67. The van der Waals surface area contributed by atoms with E-state index in [1.165, 1.54) is 0 Å². The molecule has 2 aromatic carbocycles. The molecule has 0 amide bonds. The van der Waals surface area contributed by atoms with Crippen LogP contribution in [0.5, 0.6) is 5.75 Å². The first kappa shape index (κ1) is 9.03. The molecule has 0 saturated carbocycles. The smallest absolute Gasteiger partial charge is 0.120 e. The van der Waals surface area contributed by atoms with Gasteiger partial charge in [-0.15, -0.1) is 0 Å². The van der Waals surface area contributed by atoms with Crippen LogP contribution in [0.2, 0.25) is 0 Å². The number of phenols is 1. The molecule has 0 radical (unpaired) electrons. The predicted octanol–water partition coefficient (Wildman–Crippen LogP) is 2.26. The zero-order valence-electron chi connectivity index (χ0n) is 8.12. The summed E-state index contributed by atoms with van der Waals surface area (Å²) in [6, 6.07) is 11.7. The van der Waals surface area contributed by atoms with Gasteiger partial charge < -0.3 is 10.4 Å². The van der Waals surface area contributed by atoms with Gasteiger partial charge in [0.25, 0.3) is 0 Å². The molecule has 0 unspecified atom stereocenters. The normalized spacial score (nSPS) is 10.6. The van der Waals surface area contributed by atoms with Crippen LogP contribution in [0, 0.1) is 0 Å². The van der Waals surface area contributed by atoms with Crippen LogP contribution in [0.1, 0.15) is 5.56 Å². The monoisotopic (exact) mass is 187 g/mol. The molecule has 2 N–H and O–H groups in total. The van der Waals surface area contributed by atoms with Crippen LogP contribution in [0.4, 0.5) is 0 Å². The lowest BCUT2D eigenvalue weighted by atomic mass is 10.0. The minimum absolute atomic E-state index is 0.359. The molecule has 0 bridgehead atoms. The van der Waals surface area contributed by atoms with Crippen molar-refractivity contribution in [1.82, 2.24) is 5.32 Å². The minimum Gasteiger partial charge on any atom is -0.508 e. The molecule has 72 valence electrons. The molecule has 0 aromatic heterocycles. The van der Waals surface area contributed by atoms with E-state index in [0.29, 0.717) is 12.3 Å². The van der Waals surface area contributed by atoms with Crippen molar-refractivity contribution in [2.24, 2.45) is 0 Å². The Hall–Kier alpha value is -1.54. The van der Waals surface area contributed by atoms with E-state index in [1.807, 2.05) is 37.4 Å². The number of hydrogen-bond donors (Lipinski definition) is 2. The Kier molecular flexibility index (Phi) is 2.37. The first-order valence-electron chi connectivity index (χ1n) is 4.67. The van der Waals surface area contributed by atoms with Crippen LogP contribution in [0.3, 0.4) is 0 Å². The summed E-state index contributed by atoms with van der Waals surface area (Å²) in [5.74, 6) is 0.359. The van der Waals surface area contributed by atoms with Crippen molar-refractivity contribution >= 4 is 10.8 Å². The van der Waals surface area contributed by atoms with E-state index in [-0.39, 0.29) is 0 Å². The number of aromatic hydroxyl groups is 1. The summed E-state index contributed by atoms with van der Waals surface area (Å²) in [5, 5.41) is 15.0. The molecule has 0 atom stereocenters. The fourth-order valence-corrected chi connectivity index (χ4v) is 1.69. The second kappa shape index (κ2) is 3.68. The van der Waals surface area contributed by atoms with E-state index in [9.17, 15) is 5.11 Å². The van der Waals surface area contributed by atoms with Gasteiger partial charge in [0.15, 0.2) is 0 Å². The molecule has 0 heterocycles. The number of hydrogen-bond acceptors (Lipinski definition) is 2. The average molecular weight is 187 g/mol. The molecule has 0 spiro atoms. The highest BCUT2D eigenvalue weighted by Gasteiger charge is 2.04. The Balaban J connectivity index is 2.69. The van der Waals surface area contributed by atoms with E-state index >= 15 is 0 Å². The number of rotatable bonds is 2. The van der Waals surface area contributed by atoms with Crippen molar-refractivity contribution in [3.8, 4) is 5.75 Å². The van der Waals surface area contributed by atoms with Gasteiger partial charge in [0.05, 0.1) is 0 Å². The fraction of sp³-hybridized carbons (Fsp3) is 0.167. The Bertz CT molecular complexity index is 451. The summed E-state index contributed by atoms with van der Waals surface area (Å²) in [4.78, 5) is 0. The molecule has 2 aromatic rings. The molecular weight excluding hydrogens is 174 g/mol. The van der Waals surface area contributed by atoms with E-state index in [0.717, 1.165) is 16.3 Å². The molecule has 0 fully saturated rings. The summed E-state index contributed by atoms with van der Waals surface area (Å²) in [7, 11) is 1.88. The van der Waals surface area contributed by atoms with E-state index in [1.54, 1.807) is 6.07 Å². The van der Waals surface area contributed by atoms with Gasteiger partial charge >= 0.3 is 0 Å². The fourth-order valence-electron chi connectivity index (χ4n) is 1.69. The first-order chi connectivity index (χ1) is 6.83. The maximum atomic E-state index is 9.70. The summed E-state index contributed by atoms with van der Waals surface area (Å²) in [6.07, 6.45) is 0. The Morgan fingerprint density at radius 3 is 2.71 bits per heavy atom. The highest BCUT2D eigenvalue weighted by molar-refractivity contribution is 5.87. The molecule has 2 rings (SSSR count). The SMILES string of the molecule is CNCc1c(O)ccc2ccccc12. The van der Waals surface area contributed by atoms with Crippen molar-refractivity contribution < 1.29 is 5.11 Å². The number of nitrogens with one attached hydrogen (secondary N) is 1. The topological polar surface area (TPSA) is 32.3 Å². The van der Waals surface area contributed by atoms with Gasteiger partial charge in [0.2, 0.25) is 0 Å². The average Bonchev–Trinajstić information content (AvgIpc) is 2.23. The van der Waals surface area contributed by atoms with Crippen LogP contribution in [-0.4, -0.2) is 12.2 Å².